The highest BCUT2D eigenvalue weighted by Gasteiger charge is 2.28. The predicted molar refractivity (Wildman–Crippen MR) is 84.7 cm³/mol. The van der Waals surface area contributed by atoms with Crippen molar-refractivity contribution in [3.8, 4) is 0 Å². The third-order valence-electron chi connectivity index (χ3n) is 4.98. The zero-order chi connectivity index (χ0) is 14.4. The molecule has 1 aliphatic rings. The van der Waals surface area contributed by atoms with Crippen molar-refractivity contribution >= 4 is 0 Å². The highest BCUT2D eigenvalue weighted by Crippen LogP contribution is 2.38. The van der Waals surface area contributed by atoms with Gasteiger partial charge in [0.05, 0.1) is 6.20 Å². The van der Waals surface area contributed by atoms with Gasteiger partial charge in [-0.25, -0.2) is 0 Å². The predicted octanol–water partition coefficient (Wildman–Crippen LogP) is 4.16. The van der Waals surface area contributed by atoms with Crippen molar-refractivity contribution in [2.45, 2.75) is 71.4 Å². The molecule has 20 heavy (non-hydrogen) atoms. The van der Waals surface area contributed by atoms with Crippen LogP contribution in [0.3, 0.4) is 0 Å². The molecule has 1 heterocycles. The Bertz CT molecular complexity index is 377. The summed E-state index contributed by atoms with van der Waals surface area (Å²) in [6.45, 7) is 5.40. The van der Waals surface area contributed by atoms with Gasteiger partial charge < -0.3 is 5.32 Å². The number of hydrogen-bond acceptors (Lipinski definition) is 2. The van der Waals surface area contributed by atoms with E-state index in [2.05, 4.69) is 37.5 Å². The quantitative estimate of drug-likeness (QED) is 0.811. The van der Waals surface area contributed by atoms with Gasteiger partial charge in [-0.2, -0.15) is 5.10 Å². The first kappa shape index (κ1) is 15.6. The summed E-state index contributed by atoms with van der Waals surface area (Å²) in [6, 6.07) is 0.488. The molecule has 3 heteroatoms. The first-order valence-electron chi connectivity index (χ1n) is 8.48. The summed E-state index contributed by atoms with van der Waals surface area (Å²) in [6.07, 6.45) is 14.0. The molecule has 0 aliphatic heterocycles. The maximum atomic E-state index is 4.43. The number of rotatable bonds is 7. The molecule has 0 bridgehead atoms. The van der Waals surface area contributed by atoms with Crippen LogP contribution in [0.5, 0.6) is 0 Å². The summed E-state index contributed by atoms with van der Waals surface area (Å²) in [5.41, 5.74) is 1.37. The van der Waals surface area contributed by atoms with Gasteiger partial charge in [-0.3, -0.25) is 4.68 Å². The van der Waals surface area contributed by atoms with Crippen LogP contribution in [0.4, 0.5) is 0 Å². The minimum atomic E-state index is 0.488. The standard InChI is InChI=1S/C17H31N3/c1-4-6-7-14-8-10-15(11-9-14)17(18-3)16-12-19-20(5-2)13-16/h12-15,17-18H,4-11H2,1-3H3. The van der Waals surface area contributed by atoms with Crippen LogP contribution in [-0.4, -0.2) is 16.8 Å². The maximum Gasteiger partial charge on any atom is 0.0537 e. The number of hydrogen-bond donors (Lipinski definition) is 1. The highest BCUT2D eigenvalue weighted by molar-refractivity contribution is 5.12. The van der Waals surface area contributed by atoms with Crippen molar-refractivity contribution in [1.82, 2.24) is 15.1 Å². The molecule has 1 fully saturated rings. The Morgan fingerprint density at radius 2 is 2.05 bits per heavy atom. The van der Waals surface area contributed by atoms with Gasteiger partial charge in [0.15, 0.2) is 0 Å². The smallest absolute Gasteiger partial charge is 0.0537 e. The second-order valence-electron chi connectivity index (χ2n) is 6.32. The molecule has 1 saturated carbocycles. The number of aromatic nitrogens is 2. The van der Waals surface area contributed by atoms with Gasteiger partial charge in [0.2, 0.25) is 0 Å². The Kier molecular flexibility index (Phi) is 6.08. The number of nitrogens with zero attached hydrogens (tertiary/aromatic N) is 2. The fourth-order valence-corrected chi connectivity index (χ4v) is 3.69. The van der Waals surface area contributed by atoms with E-state index in [1.165, 1.54) is 50.5 Å². The Labute approximate surface area is 124 Å². The van der Waals surface area contributed by atoms with Crippen molar-refractivity contribution in [2.75, 3.05) is 7.05 Å². The lowest BCUT2D eigenvalue weighted by Gasteiger charge is -2.33. The lowest BCUT2D eigenvalue weighted by Crippen LogP contribution is -2.28. The normalized spacial score (nSPS) is 24.8. The van der Waals surface area contributed by atoms with Crippen molar-refractivity contribution in [3.05, 3.63) is 18.0 Å². The van der Waals surface area contributed by atoms with Crippen LogP contribution >= 0.6 is 0 Å². The van der Waals surface area contributed by atoms with E-state index in [0.29, 0.717) is 6.04 Å². The van der Waals surface area contributed by atoms with Crippen molar-refractivity contribution in [3.63, 3.8) is 0 Å². The van der Waals surface area contributed by atoms with Crippen LogP contribution in [0.1, 0.15) is 70.4 Å². The molecule has 1 aromatic heterocycles. The van der Waals surface area contributed by atoms with Crippen LogP contribution in [0, 0.1) is 11.8 Å². The van der Waals surface area contributed by atoms with Gasteiger partial charge in [-0.1, -0.05) is 39.0 Å². The van der Waals surface area contributed by atoms with Crippen LogP contribution in [-0.2, 0) is 6.54 Å². The first-order valence-corrected chi connectivity index (χ1v) is 8.48. The van der Waals surface area contributed by atoms with E-state index in [-0.39, 0.29) is 0 Å². The van der Waals surface area contributed by atoms with E-state index in [1.807, 2.05) is 10.9 Å². The average molecular weight is 277 g/mol. The van der Waals surface area contributed by atoms with Crippen molar-refractivity contribution < 1.29 is 0 Å². The van der Waals surface area contributed by atoms with E-state index in [1.54, 1.807) is 0 Å². The maximum absolute atomic E-state index is 4.43. The zero-order valence-electron chi connectivity index (χ0n) is 13.4. The van der Waals surface area contributed by atoms with Crippen LogP contribution in [0.25, 0.3) is 0 Å². The van der Waals surface area contributed by atoms with Gasteiger partial charge in [0, 0.05) is 24.3 Å². The Morgan fingerprint density at radius 3 is 2.60 bits per heavy atom. The van der Waals surface area contributed by atoms with Crippen LogP contribution in [0.15, 0.2) is 12.4 Å². The Balaban J connectivity index is 1.90. The van der Waals surface area contributed by atoms with E-state index in [9.17, 15) is 0 Å². The molecular weight excluding hydrogens is 246 g/mol. The highest BCUT2D eigenvalue weighted by atomic mass is 15.3. The Hall–Kier alpha value is -0.830. The molecule has 0 saturated heterocycles. The third-order valence-corrected chi connectivity index (χ3v) is 4.98. The summed E-state index contributed by atoms with van der Waals surface area (Å²) in [7, 11) is 2.09. The van der Waals surface area contributed by atoms with Crippen molar-refractivity contribution in [2.24, 2.45) is 11.8 Å². The second kappa shape index (κ2) is 7.82. The summed E-state index contributed by atoms with van der Waals surface area (Å²) >= 11 is 0. The SMILES string of the molecule is CCCCC1CCC(C(NC)c2cnn(CC)c2)CC1. The Morgan fingerprint density at radius 1 is 1.30 bits per heavy atom. The van der Waals surface area contributed by atoms with Crippen LogP contribution in [0.2, 0.25) is 0 Å². The molecule has 0 amide bonds. The van der Waals surface area contributed by atoms with Gasteiger partial charge in [-0.05, 0) is 38.6 Å². The summed E-state index contributed by atoms with van der Waals surface area (Å²) < 4.78 is 2.03. The molecule has 3 nitrogen and oxygen atoms in total. The van der Waals surface area contributed by atoms with Crippen LogP contribution < -0.4 is 5.32 Å². The largest absolute Gasteiger partial charge is 0.313 e. The molecule has 1 atom stereocenters. The number of nitrogens with one attached hydrogen (secondary N) is 1. The van der Waals surface area contributed by atoms with E-state index >= 15 is 0 Å². The minimum absolute atomic E-state index is 0.488. The molecule has 1 N–H and O–H groups in total. The van der Waals surface area contributed by atoms with E-state index < -0.39 is 0 Å². The fourth-order valence-electron chi connectivity index (χ4n) is 3.69. The van der Waals surface area contributed by atoms with Gasteiger partial charge in [0.1, 0.15) is 0 Å². The minimum Gasteiger partial charge on any atom is -0.313 e. The van der Waals surface area contributed by atoms with Gasteiger partial charge in [0.25, 0.3) is 0 Å². The number of aryl methyl sites for hydroxylation is 1. The van der Waals surface area contributed by atoms with Gasteiger partial charge >= 0.3 is 0 Å². The first-order chi connectivity index (χ1) is 9.78. The summed E-state index contributed by atoms with van der Waals surface area (Å²) in [5, 5.41) is 7.96. The molecule has 0 spiro atoms. The summed E-state index contributed by atoms with van der Waals surface area (Å²) in [4.78, 5) is 0. The number of unbranched alkanes of at least 4 members (excludes halogenated alkanes) is 1. The average Bonchev–Trinajstić information content (AvgIpc) is 2.96. The zero-order valence-corrected chi connectivity index (χ0v) is 13.4. The van der Waals surface area contributed by atoms with E-state index in [4.69, 9.17) is 0 Å². The molecule has 2 rings (SSSR count). The fraction of sp³-hybridized carbons (Fsp3) is 0.824. The topological polar surface area (TPSA) is 29.9 Å². The van der Waals surface area contributed by atoms with Crippen molar-refractivity contribution in [1.29, 1.82) is 0 Å². The molecule has 1 unspecified atom stereocenters. The van der Waals surface area contributed by atoms with Gasteiger partial charge in [-0.15, -0.1) is 0 Å². The lowest BCUT2D eigenvalue weighted by atomic mass is 9.76. The third kappa shape index (κ3) is 3.85. The summed E-state index contributed by atoms with van der Waals surface area (Å²) in [5.74, 6) is 1.77. The molecule has 0 radical (unpaired) electrons. The molecular formula is C17H31N3. The molecule has 1 aliphatic carbocycles. The van der Waals surface area contributed by atoms with E-state index in [0.717, 1.165) is 18.4 Å². The lowest BCUT2D eigenvalue weighted by molar-refractivity contribution is 0.218. The second-order valence-corrected chi connectivity index (χ2v) is 6.32. The molecule has 1 aromatic rings. The monoisotopic (exact) mass is 277 g/mol. The molecule has 114 valence electrons. The molecule has 0 aromatic carbocycles.